The Morgan fingerprint density at radius 1 is 1.16 bits per heavy atom. The van der Waals surface area contributed by atoms with Crippen LogP contribution in [0.3, 0.4) is 0 Å². The van der Waals surface area contributed by atoms with Crippen molar-refractivity contribution in [2.24, 2.45) is 5.92 Å². The molecular weight excluding hydrogens is 234 g/mol. The van der Waals surface area contributed by atoms with Crippen molar-refractivity contribution in [3.63, 3.8) is 0 Å². The van der Waals surface area contributed by atoms with Crippen LogP contribution in [0.4, 0.5) is 0 Å². The fourth-order valence-electron chi connectivity index (χ4n) is 3.65. The SMILES string of the molecule is C[C@@H]1CCCCN1C[C@@H]1CCCN(CCCC#N)C1. The number of nitrogens with zero attached hydrogens (tertiary/aromatic N) is 3. The molecule has 2 heterocycles. The molecular formula is C16H29N3. The van der Waals surface area contributed by atoms with Gasteiger partial charge in [-0.1, -0.05) is 6.42 Å². The Morgan fingerprint density at radius 2 is 2.05 bits per heavy atom. The highest BCUT2D eigenvalue weighted by Gasteiger charge is 2.25. The molecule has 0 N–H and O–H groups in total. The molecule has 0 spiro atoms. The van der Waals surface area contributed by atoms with Gasteiger partial charge in [0, 0.05) is 25.6 Å². The average Bonchev–Trinajstić information content (AvgIpc) is 2.42. The highest BCUT2D eigenvalue weighted by molar-refractivity contribution is 4.80. The minimum atomic E-state index is 0.713. The van der Waals surface area contributed by atoms with Gasteiger partial charge in [-0.05, 0) is 64.6 Å². The Balaban J connectivity index is 1.72. The molecule has 2 saturated heterocycles. The average molecular weight is 263 g/mol. The maximum absolute atomic E-state index is 8.62. The first-order valence-electron chi connectivity index (χ1n) is 8.13. The lowest BCUT2D eigenvalue weighted by atomic mass is 9.94. The Bertz CT molecular complexity index is 297. The van der Waals surface area contributed by atoms with E-state index in [1.807, 2.05) is 0 Å². The summed E-state index contributed by atoms with van der Waals surface area (Å²) in [5.74, 6) is 0.858. The van der Waals surface area contributed by atoms with Gasteiger partial charge >= 0.3 is 0 Å². The molecule has 0 aromatic carbocycles. The lowest BCUT2D eigenvalue weighted by molar-refractivity contribution is 0.0937. The van der Waals surface area contributed by atoms with Crippen LogP contribution in [0, 0.1) is 17.2 Å². The first-order valence-corrected chi connectivity index (χ1v) is 8.13. The Morgan fingerprint density at radius 3 is 2.84 bits per heavy atom. The van der Waals surface area contributed by atoms with Gasteiger partial charge in [0.1, 0.15) is 0 Å². The molecule has 3 heteroatoms. The summed E-state index contributed by atoms with van der Waals surface area (Å²) >= 11 is 0. The molecule has 0 unspecified atom stereocenters. The summed E-state index contributed by atoms with van der Waals surface area (Å²) in [5, 5.41) is 8.62. The molecule has 0 radical (unpaired) electrons. The van der Waals surface area contributed by atoms with Gasteiger partial charge in [0.05, 0.1) is 6.07 Å². The highest BCUT2D eigenvalue weighted by Crippen LogP contribution is 2.22. The summed E-state index contributed by atoms with van der Waals surface area (Å²) in [6.07, 6.45) is 8.70. The van der Waals surface area contributed by atoms with E-state index in [0.29, 0.717) is 6.42 Å². The highest BCUT2D eigenvalue weighted by atomic mass is 15.2. The van der Waals surface area contributed by atoms with Crippen molar-refractivity contribution in [1.29, 1.82) is 5.26 Å². The molecule has 19 heavy (non-hydrogen) atoms. The van der Waals surface area contributed by atoms with Crippen LogP contribution in [0.1, 0.15) is 51.9 Å². The number of rotatable bonds is 5. The number of hydrogen-bond acceptors (Lipinski definition) is 3. The van der Waals surface area contributed by atoms with E-state index in [2.05, 4.69) is 22.8 Å². The summed E-state index contributed by atoms with van der Waals surface area (Å²) < 4.78 is 0. The number of nitriles is 1. The van der Waals surface area contributed by atoms with E-state index in [-0.39, 0.29) is 0 Å². The Labute approximate surface area is 118 Å². The standard InChI is InChI=1S/C16H29N3/c1-15-7-2-4-12-19(15)14-16-8-6-11-18(13-16)10-5-3-9-17/h15-16H,2-8,10-14H2,1H3/t15-,16-/m1/s1. The lowest BCUT2D eigenvalue weighted by Crippen LogP contribution is -2.45. The quantitative estimate of drug-likeness (QED) is 0.715. The molecule has 2 aliphatic rings. The van der Waals surface area contributed by atoms with Gasteiger partial charge in [0.15, 0.2) is 0 Å². The van der Waals surface area contributed by atoms with Crippen LogP contribution in [0.15, 0.2) is 0 Å². The summed E-state index contributed by atoms with van der Waals surface area (Å²) in [4.78, 5) is 5.30. The van der Waals surface area contributed by atoms with Crippen molar-refractivity contribution in [1.82, 2.24) is 9.80 Å². The topological polar surface area (TPSA) is 30.3 Å². The summed E-state index contributed by atoms with van der Waals surface area (Å²) in [5.41, 5.74) is 0. The van der Waals surface area contributed by atoms with Crippen LogP contribution in [0.25, 0.3) is 0 Å². The second-order valence-electron chi connectivity index (χ2n) is 6.41. The zero-order valence-corrected chi connectivity index (χ0v) is 12.5. The van der Waals surface area contributed by atoms with Gasteiger partial charge in [-0.25, -0.2) is 0 Å². The van der Waals surface area contributed by atoms with E-state index in [1.165, 1.54) is 58.3 Å². The predicted molar refractivity (Wildman–Crippen MR) is 78.9 cm³/mol. The normalized spacial score (nSPS) is 30.1. The van der Waals surface area contributed by atoms with E-state index >= 15 is 0 Å². The summed E-state index contributed by atoms with van der Waals surface area (Å²) in [6.45, 7) is 8.64. The lowest BCUT2D eigenvalue weighted by Gasteiger charge is -2.39. The minimum Gasteiger partial charge on any atom is -0.303 e. The number of unbranched alkanes of at least 4 members (excludes halogenated alkanes) is 1. The fourth-order valence-corrected chi connectivity index (χ4v) is 3.65. The van der Waals surface area contributed by atoms with Gasteiger partial charge in [0.2, 0.25) is 0 Å². The monoisotopic (exact) mass is 263 g/mol. The van der Waals surface area contributed by atoms with Gasteiger partial charge in [-0.3, -0.25) is 0 Å². The molecule has 0 aromatic heterocycles. The molecule has 2 rings (SSSR count). The Kier molecular flexibility index (Phi) is 6.13. The van der Waals surface area contributed by atoms with Crippen LogP contribution < -0.4 is 0 Å². The molecule has 0 aromatic rings. The summed E-state index contributed by atoms with van der Waals surface area (Å²) in [7, 11) is 0. The van der Waals surface area contributed by atoms with Crippen molar-refractivity contribution in [2.75, 3.05) is 32.7 Å². The van der Waals surface area contributed by atoms with Gasteiger partial charge < -0.3 is 9.80 Å². The fraction of sp³-hybridized carbons (Fsp3) is 0.938. The number of piperidine rings is 2. The molecule has 0 aliphatic carbocycles. The van der Waals surface area contributed by atoms with Gasteiger partial charge in [-0.2, -0.15) is 5.26 Å². The van der Waals surface area contributed by atoms with Crippen molar-refractivity contribution in [2.45, 2.75) is 57.9 Å². The molecule has 0 amide bonds. The maximum Gasteiger partial charge on any atom is 0.0622 e. The van der Waals surface area contributed by atoms with Crippen LogP contribution in [0.2, 0.25) is 0 Å². The molecule has 2 atom stereocenters. The second kappa shape index (κ2) is 7.87. The van der Waals surface area contributed by atoms with Gasteiger partial charge in [0.25, 0.3) is 0 Å². The minimum absolute atomic E-state index is 0.713. The smallest absolute Gasteiger partial charge is 0.0622 e. The third-order valence-corrected chi connectivity index (χ3v) is 4.80. The van der Waals surface area contributed by atoms with E-state index < -0.39 is 0 Å². The van der Waals surface area contributed by atoms with E-state index in [4.69, 9.17) is 5.26 Å². The molecule has 108 valence electrons. The third-order valence-electron chi connectivity index (χ3n) is 4.80. The van der Waals surface area contributed by atoms with Crippen LogP contribution in [0.5, 0.6) is 0 Å². The largest absolute Gasteiger partial charge is 0.303 e. The number of hydrogen-bond donors (Lipinski definition) is 0. The maximum atomic E-state index is 8.62. The molecule has 0 saturated carbocycles. The van der Waals surface area contributed by atoms with E-state index in [0.717, 1.165) is 24.9 Å². The van der Waals surface area contributed by atoms with Crippen molar-refractivity contribution < 1.29 is 0 Å². The molecule has 2 fully saturated rings. The molecule has 0 bridgehead atoms. The summed E-state index contributed by atoms with van der Waals surface area (Å²) in [6, 6.07) is 3.05. The molecule has 3 nitrogen and oxygen atoms in total. The molecule has 2 aliphatic heterocycles. The van der Waals surface area contributed by atoms with Crippen LogP contribution in [-0.2, 0) is 0 Å². The predicted octanol–water partition coefficient (Wildman–Crippen LogP) is 2.88. The first kappa shape index (κ1) is 14.8. The van der Waals surface area contributed by atoms with Crippen molar-refractivity contribution in [3.05, 3.63) is 0 Å². The zero-order chi connectivity index (χ0) is 13.5. The van der Waals surface area contributed by atoms with Crippen molar-refractivity contribution >= 4 is 0 Å². The van der Waals surface area contributed by atoms with E-state index in [1.54, 1.807) is 0 Å². The van der Waals surface area contributed by atoms with E-state index in [9.17, 15) is 0 Å². The zero-order valence-electron chi connectivity index (χ0n) is 12.5. The third kappa shape index (κ3) is 4.78. The van der Waals surface area contributed by atoms with Crippen LogP contribution in [-0.4, -0.2) is 48.6 Å². The van der Waals surface area contributed by atoms with Crippen LogP contribution >= 0.6 is 0 Å². The van der Waals surface area contributed by atoms with Gasteiger partial charge in [-0.15, -0.1) is 0 Å². The second-order valence-corrected chi connectivity index (χ2v) is 6.41. The number of likely N-dealkylation sites (tertiary alicyclic amines) is 2. The Hall–Kier alpha value is -0.590. The van der Waals surface area contributed by atoms with Crippen molar-refractivity contribution in [3.8, 4) is 6.07 Å². The first-order chi connectivity index (χ1) is 9.29.